The second-order valence-corrected chi connectivity index (χ2v) is 7.13. The van der Waals surface area contributed by atoms with Gasteiger partial charge in [-0.3, -0.25) is 4.90 Å². The monoisotopic (exact) mass is 394 g/mol. The van der Waals surface area contributed by atoms with Crippen LogP contribution in [0.25, 0.3) is 11.3 Å². The molecule has 1 unspecified atom stereocenters. The Morgan fingerprint density at radius 3 is 2.79 bits per heavy atom. The van der Waals surface area contributed by atoms with Crippen LogP contribution in [0.15, 0.2) is 47.4 Å². The van der Waals surface area contributed by atoms with Gasteiger partial charge in [0.15, 0.2) is 11.5 Å². The average molecular weight is 395 g/mol. The first kappa shape index (κ1) is 18.4. The fourth-order valence-corrected chi connectivity index (χ4v) is 3.63. The zero-order valence-corrected chi connectivity index (χ0v) is 16.2. The fraction of sp³-hybridized carbons (Fsp3) is 0.300. The van der Waals surface area contributed by atoms with Crippen LogP contribution in [-0.2, 0) is 0 Å². The highest BCUT2D eigenvalue weighted by Gasteiger charge is 2.26. The zero-order valence-electron chi connectivity index (χ0n) is 15.4. The molecular weight excluding hydrogens is 376 g/mol. The summed E-state index contributed by atoms with van der Waals surface area (Å²) in [6, 6.07) is 11.8. The van der Waals surface area contributed by atoms with Gasteiger partial charge in [0.05, 0.1) is 17.9 Å². The Balaban J connectivity index is 1.43. The van der Waals surface area contributed by atoms with E-state index < -0.39 is 0 Å². The number of hydrogen-bond donors (Lipinski definition) is 0. The van der Waals surface area contributed by atoms with Gasteiger partial charge in [-0.1, -0.05) is 28.9 Å². The number of aromatic nitrogens is 3. The summed E-state index contributed by atoms with van der Waals surface area (Å²) in [5, 5.41) is 14.2. The standard InChI is InChI=1S/C20H19ClN6O/c1-14(17-10-20(28-25-17)15-3-2-4-16(21)9-15)26-5-7-27(8-6-26)19-12-23-13-24-18(19)11-22/h2-4,9-10,12-14H,5-8H2,1H3. The van der Waals surface area contributed by atoms with Gasteiger partial charge in [0, 0.05) is 42.8 Å². The molecule has 28 heavy (non-hydrogen) atoms. The van der Waals surface area contributed by atoms with Gasteiger partial charge in [0.2, 0.25) is 0 Å². The van der Waals surface area contributed by atoms with Gasteiger partial charge >= 0.3 is 0 Å². The molecule has 0 N–H and O–H groups in total. The Bertz CT molecular complexity index is 1010. The van der Waals surface area contributed by atoms with Crippen LogP contribution in [0.2, 0.25) is 5.02 Å². The van der Waals surface area contributed by atoms with Crippen molar-refractivity contribution in [3.63, 3.8) is 0 Å². The van der Waals surface area contributed by atoms with Crippen LogP contribution in [-0.4, -0.2) is 46.2 Å². The van der Waals surface area contributed by atoms with E-state index in [0.29, 0.717) is 16.5 Å². The highest BCUT2D eigenvalue weighted by atomic mass is 35.5. The molecule has 142 valence electrons. The minimum atomic E-state index is 0.126. The first-order valence-electron chi connectivity index (χ1n) is 9.07. The van der Waals surface area contributed by atoms with Crippen LogP contribution in [0.3, 0.4) is 0 Å². The zero-order chi connectivity index (χ0) is 19.5. The SMILES string of the molecule is CC(c1cc(-c2cccc(Cl)c2)on1)N1CCN(c2cncnc2C#N)CC1. The third-order valence-corrected chi connectivity index (χ3v) is 5.30. The van der Waals surface area contributed by atoms with Gasteiger partial charge < -0.3 is 9.42 Å². The van der Waals surface area contributed by atoms with Crippen molar-refractivity contribution in [2.45, 2.75) is 13.0 Å². The summed E-state index contributed by atoms with van der Waals surface area (Å²) in [6.45, 7) is 5.42. The third kappa shape index (κ3) is 3.70. The molecule has 2 aromatic heterocycles. The second-order valence-electron chi connectivity index (χ2n) is 6.69. The second kappa shape index (κ2) is 7.97. The molecule has 4 rings (SSSR count). The predicted molar refractivity (Wildman–Crippen MR) is 106 cm³/mol. The van der Waals surface area contributed by atoms with Crippen molar-refractivity contribution in [3.8, 4) is 17.4 Å². The van der Waals surface area contributed by atoms with Gasteiger partial charge in [-0.2, -0.15) is 5.26 Å². The topological polar surface area (TPSA) is 82.1 Å². The number of rotatable bonds is 4. The molecule has 0 amide bonds. The maximum atomic E-state index is 9.25. The molecular formula is C20H19ClN6O. The van der Waals surface area contributed by atoms with Crippen LogP contribution in [0, 0.1) is 11.3 Å². The Hall–Kier alpha value is -2.95. The maximum absolute atomic E-state index is 9.25. The van der Waals surface area contributed by atoms with Crippen molar-refractivity contribution in [2.75, 3.05) is 31.1 Å². The lowest BCUT2D eigenvalue weighted by molar-refractivity contribution is 0.191. The highest BCUT2D eigenvalue weighted by molar-refractivity contribution is 6.30. The lowest BCUT2D eigenvalue weighted by Gasteiger charge is -2.38. The maximum Gasteiger partial charge on any atom is 0.167 e. The minimum absolute atomic E-state index is 0.126. The predicted octanol–water partition coefficient (Wildman–Crippen LogP) is 3.54. The lowest BCUT2D eigenvalue weighted by Crippen LogP contribution is -2.47. The van der Waals surface area contributed by atoms with Crippen molar-refractivity contribution in [3.05, 3.63) is 59.3 Å². The molecule has 3 heterocycles. The average Bonchev–Trinajstić information content (AvgIpc) is 3.24. The number of nitrogens with zero attached hydrogens (tertiary/aromatic N) is 6. The van der Waals surface area contributed by atoms with Crippen LogP contribution < -0.4 is 4.90 Å². The summed E-state index contributed by atoms with van der Waals surface area (Å²) in [5.41, 5.74) is 3.02. The molecule has 0 spiro atoms. The number of anilines is 1. The van der Waals surface area contributed by atoms with Crippen molar-refractivity contribution >= 4 is 17.3 Å². The van der Waals surface area contributed by atoms with E-state index in [1.54, 1.807) is 6.20 Å². The molecule has 7 nitrogen and oxygen atoms in total. The van der Waals surface area contributed by atoms with Crippen molar-refractivity contribution < 1.29 is 4.52 Å². The van der Waals surface area contributed by atoms with Crippen LogP contribution in [0.5, 0.6) is 0 Å². The summed E-state index contributed by atoms with van der Waals surface area (Å²) < 4.78 is 5.54. The van der Waals surface area contributed by atoms with Crippen LogP contribution in [0.1, 0.15) is 24.4 Å². The molecule has 0 bridgehead atoms. The molecule has 0 aliphatic carbocycles. The van der Waals surface area contributed by atoms with Crippen molar-refractivity contribution in [2.24, 2.45) is 0 Å². The van der Waals surface area contributed by atoms with E-state index in [4.69, 9.17) is 16.1 Å². The van der Waals surface area contributed by atoms with Crippen LogP contribution in [0.4, 0.5) is 5.69 Å². The van der Waals surface area contributed by atoms with Gasteiger partial charge in [-0.25, -0.2) is 9.97 Å². The van der Waals surface area contributed by atoms with E-state index in [9.17, 15) is 5.26 Å². The number of halogens is 1. The van der Waals surface area contributed by atoms with E-state index in [0.717, 1.165) is 43.1 Å². The van der Waals surface area contributed by atoms with Gasteiger partial charge in [0.1, 0.15) is 18.1 Å². The van der Waals surface area contributed by atoms with E-state index in [-0.39, 0.29) is 6.04 Å². The summed E-state index contributed by atoms with van der Waals surface area (Å²) >= 11 is 6.07. The summed E-state index contributed by atoms with van der Waals surface area (Å²) in [5.74, 6) is 0.711. The normalized spacial score (nSPS) is 16.0. The molecule has 1 fully saturated rings. The molecule has 1 aromatic carbocycles. The summed E-state index contributed by atoms with van der Waals surface area (Å²) in [7, 11) is 0. The first-order valence-corrected chi connectivity index (χ1v) is 9.45. The van der Waals surface area contributed by atoms with E-state index >= 15 is 0 Å². The van der Waals surface area contributed by atoms with Crippen molar-refractivity contribution in [1.82, 2.24) is 20.0 Å². The number of nitriles is 1. The Labute approximate surface area is 168 Å². The highest BCUT2D eigenvalue weighted by Crippen LogP contribution is 2.28. The molecule has 0 radical (unpaired) electrons. The molecule has 8 heteroatoms. The molecule has 1 atom stereocenters. The number of piperazine rings is 1. The minimum Gasteiger partial charge on any atom is -0.365 e. The summed E-state index contributed by atoms with van der Waals surface area (Å²) in [6.07, 6.45) is 3.11. The largest absolute Gasteiger partial charge is 0.365 e. The Kier molecular flexibility index (Phi) is 5.24. The van der Waals surface area contributed by atoms with E-state index in [1.807, 2.05) is 30.3 Å². The molecule has 1 aliphatic heterocycles. The third-order valence-electron chi connectivity index (χ3n) is 5.07. The number of benzene rings is 1. The van der Waals surface area contributed by atoms with Crippen LogP contribution >= 0.6 is 11.6 Å². The Morgan fingerprint density at radius 1 is 1.21 bits per heavy atom. The smallest absolute Gasteiger partial charge is 0.167 e. The first-order chi connectivity index (χ1) is 13.7. The van der Waals surface area contributed by atoms with Gasteiger partial charge in [-0.05, 0) is 19.1 Å². The summed E-state index contributed by atoms with van der Waals surface area (Å²) in [4.78, 5) is 12.6. The molecule has 1 aliphatic rings. The quantitative estimate of drug-likeness (QED) is 0.669. The Morgan fingerprint density at radius 2 is 2.04 bits per heavy atom. The lowest BCUT2D eigenvalue weighted by atomic mass is 10.1. The van der Waals surface area contributed by atoms with Gasteiger partial charge in [0.25, 0.3) is 0 Å². The molecule has 1 saturated heterocycles. The fourth-order valence-electron chi connectivity index (χ4n) is 3.44. The van der Waals surface area contributed by atoms with E-state index in [1.165, 1.54) is 6.33 Å². The van der Waals surface area contributed by atoms with Gasteiger partial charge in [-0.15, -0.1) is 0 Å². The van der Waals surface area contributed by atoms with E-state index in [2.05, 4.69) is 37.9 Å². The van der Waals surface area contributed by atoms with Crippen molar-refractivity contribution in [1.29, 1.82) is 5.26 Å². The molecule has 3 aromatic rings. The molecule has 0 saturated carbocycles. The number of hydrogen-bond acceptors (Lipinski definition) is 7.